The summed E-state index contributed by atoms with van der Waals surface area (Å²) in [6.45, 7) is 3.79. The van der Waals surface area contributed by atoms with Crippen molar-refractivity contribution in [1.82, 2.24) is 10.3 Å². The first-order valence-corrected chi connectivity index (χ1v) is 8.95. The number of hydrogen-bond donors (Lipinski definition) is 1. The van der Waals surface area contributed by atoms with Crippen molar-refractivity contribution in [2.75, 3.05) is 0 Å². The first kappa shape index (κ1) is 19.3. The minimum atomic E-state index is -0.366. The van der Waals surface area contributed by atoms with Gasteiger partial charge >= 0.3 is 0 Å². The lowest BCUT2D eigenvalue weighted by Crippen LogP contribution is -2.24. The number of nitrogens with zero attached hydrogens (tertiary/aromatic N) is 1. The molecule has 0 saturated heterocycles. The summed E-state index contributed by atoms with van der Waals surface area (Å²) in [6.07, 6.45) is 4.45. The van der Waals surface area contributed by atoms with Gasteiger partial charge in [-0.2, -0.15) is 0 Å². The fraction of sp³-hybridized carbons (Fsp3) is 0.130. The van der Waals surface area contributed by atoms with Crippen LogP contribution in [-0.2, 0) is 4.79 Å². The number of aromatic nitrogens is 1. The Morgan fingerprint density at radius 1 is 1.11 bits per heavy atom. The van der Waals surface area contributed by atoms with Crippen LogP contribution < -0.4 is 10.1 Å². The van der Waals surface area contributed by atoms with Gasteiger partial charge in [-0.1, -0.05) is 30.3 Å². The highest BCUT2D eigenvalue weighted by Crippen LogP contribution is 2.24. The van der Waals surface area contributed by atoms with Gasteiger partial charge in [0, 0.05) is 17.3 Å². The van der Waals surface area contributed by atoms with Gasteiger partial charge in [0.05, 0.1) is 12.2 Å². The Bertz CT molecular complexity index is 984. The number of benzene rings is 2. The second-order valence-electron chi connectivity index (χ2n) is 6.39. The van der Waals surface area contributed by atoms with Crippen LogP contribution in [0.3, 0.4) is 0 Å². The summed E-state index contributed by atoms with van der Waals surface area (Å²) in [7, 11) is 0. The highest BCUT2D eigenvalue weighted by atomic mass is 19.1. The number of rotatable bonds is 6. The largest absolute Gasteiger partial charge is 0.456 e. The molecule has 142 valence electrons. The van der Waals surface area contributed by atoms with Crippen molar-refractivity contribution in [3.05, 3.63) is 95.6 Å². The average Bonchev–Trinajstić information content (AvgIpc) is 2.69. The smallest absolute Gasteiger partial charge is 0.244 e. The number of halogens is 1. The molecule has 1 N–H and O–H groups in total. The molecule has 5 heteroatoms. The molecule has 0 radical (unpaired) electrons. The predicted octanol–water partition coefficient (Wildman–Crippen LogP) is 5.21. The van der Waals surface area contributed by atoms with Crippen molar-refractivity contribution < 1.29 is 13.9 Å². The first-order valence-electron chi connectivity index (χ1n) is 8.95. The van der Waals surface area contributed by atoms with Gasteiger partial charge < -0.3 is 10.1 Å². The van der Waals surface area contributed by atoms with Gasteiger partial charge in [0.25, 0.3) is 0 Å². The standard InChI is InChI=1S/C23H21FN2O2/c1-16-10-12-21(15-25-16)28-20-8-5-7-19(14-20)17(2)26-23(27)13-11-18-6-3-4-9-22(18)24/h3-15,17H,1-2H3,(H,26,27). The molecule has 1 amide bonds. The number of nitrogens with one attached hydrogen (secondary N) is 1. The SMILES string of the molecule is Cc1ccc(Oc2cccc(C(C)NC(=O)C=Cc3ccccc3F)c2)cn1. The van der Waals surface area contributed by atoms with E-state index in [1.165, 1.54) is 18.2 Å². The van der Waals surface area contributed by atoms with E-state index in [0.29, 0.717) is 17.1 Å². The number of amides is 1. The summed E-state index contributed by atoms with van der Waals surface area (Å²) >= 11 is 0. The molecular weight excluding hydrogens is 355 g/mol. The summed E-state index contributed by atoms with van der Waals surface area (Å²) in [4.78, 5) is 16.4. The van der Waals surface area contributed by atoms with Gasteiger partial charge in [0.2, 0.25) is 5.91 Å². The van der Waals surface area contributed by atoms with Crippen molar-refractivity contribution >= 4 is 12.0 Å². The molecule has 3 aromatic rings. The molecule has 1 heterocycles. The molecule has 1 unspecified atom stereocenters. The van der Waals surface area contributed by atoms with Gasteiger partial charge in [-0.15, -0.1) is 0 Å². The second-order valence-corrected chi connectivity index (χ2v) is 6.39. The van der Waals surface area contributed by atoms with Crippen LogP contribution >= 0.6 is 0 Å². The summed E-state index contributed by atoms with van der Waals surface area (Å²) in [5.41, 5.74) is 2.18. The number of hydrogen-bond acceptors (Lipinski definition) is 3. The zero-order valence-electron chi connectivity index (χ0n) is 15.7. The lowest BCUT2D eigenvalue weighted by atomic mass is 10.1. The van der Waals surface area contributed by atoms with Crippen molar-refractivity contribution in [3.63, 3.8) is 0 Å². The third-order valence-electron chi connectivity index (χ3n) is 4.16. The highest BCUT2D eigenvalue weighted by Gasteiger charge is 2.09. The zero-order chi connectivity index (χ0) is 19.9. The Morgan fingerprint density at radius 3 is 2.68 bits per heavy atom. The molecule has 0 saturated carbocycles. The average molecular weight is 376 g/mol. The number of carbonyl (C=O) groups is 1. The van der Waals surface area contributed by atoms with Gasteiger partial charge in [0.1, 0.15) is 17.3 Å². The Kier molecular flexibility index (Phi) is 6.17. The van der Waals surface area contributed by atoms with Crippen molar-refractivity contribution in [3.8, 4) is 11.5 Å². The molecule has 0 fully saturated rings. The Balaban J connectivity index is 1.64. The maximum absolute atomic E-state index is 13.6. The molecule has 4 nitrogen and oxygen atoms in total. The Morgan fingerprint density at radius 2 is 1.93 bits per heavy atom. The van der Waals surface area contributed by atoms with Crippen molar-refractivity contribution in [2.24, 2.45) is 0 Å². The van der Waals surface area contributed by atoms with E-state index in [0.717, 1.165) is 11.3 Å². The molecule has 2 aromatic carbocycles. The van der Waals surface area contributed by atoms with E-state index in [2.05, 4.69) is 10.3 Å². The minimum absolute atomic E-state index is 0.238. The van der Waals surface area contributed by atoms with Gasteiger partial charge in [-0.3, -0.25) is 9.78 Å². The molecule has 3 rings (SSSR count). The quantitative estimate of drug-likeness (QED) is 0.601. The van der Waals surface area contributed by atoms with Gasteiger partial charge in [-0.25, -0.2) is 4.39 Å². The summed E-state index contributed by atoms with van der Waals surface area (Å²) in [5, 5.41) is 2.87. The molecule has 28 heavy (non-hydrogen) atoms. The maximum Gasteiger partial charge on any atom is 0.244 e. The van der Waals surface area contributed by atoms with Crippen molar-refractivity contribution in [1.29, 1.82) is 0 Å². The molecule has 0 aliphatic heterocycles. The fourth-order valence-corrected chi connectivity index (χ4v) is 2.62. The topological polar surface area (TPSA) is 51.2 Å². The van der Waals surface area contributed by atoms with E-state index in [9.17, 15) is 9.18 Å². The Hall–Kier alpha value is -3.47. The third kappa shape index (κ3) is 5.27. The van der Waals surface area contributed by atoms with Gasteiger partial charge in [0.15, 0.2) is 0 Å². The molecule has 1 aromatic heterocycles. The number of carbonyl (C=O) groups excluding carboxylic acids is 1. The van der Waals surface area contributed by atoms with E-state index >= 15 is 0 Å². The monoisotopic (exact) mass is 376 g/mol. The molecule has 0 aliphatic rings. The van der Waals surface area contributed by atoms with Crippen LogP contribution in [0.2, 0.25) is 0 Å². The number of pyridine rings is 1. The summed E-state index contributed by atoms with van der Waals surface area (Å²) in [5.74, 6) is 0.637. The fourth-order valence-electron chi connectivity index (χ4n) is 2.62. The molecule has 0 bridgehead atoms. The van der Waals surface area contributed by atoms with Gasteiger partial charge in [-0.05, 0) is 55.8 Å². The molecule has 0 aliphatic carbocycles. The van der Waals surface area contributed by atoms with Crippen LogP contribution in [0.25, 0.3) is 6.08 Å². The van der Waals surface area contributed by atoms with E-state index < -0.39 is 0 Å². The third-order valence-corrected chi connectivity index (χ3v) is 4.16. The number of ether oxygens (including phenoxy) is 1. The van der Waals surface area contributed by atoms with E-state index in [1.807, 2.05) is 50.2 Å². The first-order chi connectivity index (χ1) is 13.5. The summed E-state index contributed by atoms with van der Waals surface area (Å²) < 4.78 is 19.4. The van der Waals surface area contributed by atoms with Crippen LogP contribution in [0.15, 0.2) is 72.9 Å². The lowest BCUT2D eigenvalue weighted by molar-refractivity contribution is -0.117. The van der Waals surface area contributed by atoms with Crippen LogP contribution in [0.5, 0.6) is 11.5 Å². The van der Waals surface area contributed by atoms with Crippen LogP contribution in [0.1, 0.15) is 29.8 Å². The number of aryl methyl sites for hydroxylation is 1. The normalized spacial score (nSPS) is 12.0. The maximum atomic E-state index is 13.6. The van der Waals surface area contributed by atoms with Crippen LogP contribution in [0, 0.1) is 12.7 Å². The van der Waals surface area contributed by atoms with E-state index in [-0.39, 0.29) is 17.8 Å². The van der Waals surface area contributed by atoms with Crippen molar-refractivity contribution in [2.45, 2.75) is 19.9 Å². The van der Waals surface area contributed by atoms with E-state index in [1.54, 1.807) is 24.4 Å². The lowest BCUT2D eigenvalue weighted by Gasteiger charge is -2.14. The Labute approximate surface area is 163 Å². The molecule has 1 atom stereocenters. The zero-order valence-corrected chi connectivity index (χ0v) is 15.7. The minimum Gasteiger partial charge on any atom is -0.456 e. The predicted molar refractivity (Wildman–Crippen MR) is 107 cm³/mol. The second kappa shape index (κ2) is 8.95. The molecular formula is C23H21FN2O2. The van der Waals surface area contributed by atoms with Crippen LogP contribution in [0.4, 0.5) is 4.39 Å². The summed E-state index contributed by atoms with van der Waals surface area (Å²) in [6, 6.07) is 17.3. The van der Waals surface area contributed by atoms with E-state index in [4.69, 9.17) is 4.74 Å². The van der Waals surface area contributed by atoms with Crippen LogP contribution in [-0.4, -0.2) is 10.9 Å². The molecule has 0 spiro atoms. The highest BCUT2D eigenvalue weighted by molar-refractivity contribution is 5.92.